The molecule has 0 radical (unpaired) electrons. The summed E-state index contributed by atoms with van der Waals surface area (Å²) < 4.78 is 16.8. The van der Waals surface area contributed by atoms with E-state index in [9.17, 15) is 14.4 Å². The lowest BCUT2D eigenvalue weighted by Crippen LogP contribution is -2.30. The van der Waals surface area contributed by atoms with Crippen LogP contribution in [-0.4, -0.2) is 37.2 Å². The Kier molecular flexibility index (Phi) is 53.4. The van der Waals surface area contributed by atoms with E-state index < -0.39 is 6.10 Å². The highest BCUT2D eigenvalue weighted by Crippen LogP contribution is 2.13. The number of hydrogen-bond acceptors (Lipinski definition) is 6. The summed E-state index contributed by atoms with van der Waals surface area (Å²) in [5.74, 6) is -1.02. The van der Waals surface area contributed by atoms with E-state index in [4.69, 9.17) is 14.2 Å². The molecule has 1 atom stereocenters. The molecule has 0 aromatic heterocycles. The van der Waals surface area contributed by atoms with Gasteiger partial charge >= 0.3 is 17.9 Å². The molecule has 0 aliphatic carbocycles. The van der Waals surface area contributed by atoms with Crippen molar-refractivity contribution in [1.29, 1.82) is 0 Å². The van der Waals surface area contributed by atoms with Crippen LogP contribution in [0.25, 0.3) is 0 Å². The Morgan fingerprint density at radius 2 is 0.594 bits per heavy atom. The number of allylic oxidation sites excluding steroid dienone is 18. The summed E-state index contributed by atoms with van der Waals surface area (Å²) in [5.41, 5.74) is 0. The van der Waals surface area contributed by atoms with Crippen LogP contribution < -0.4 is 0 Å². The molecular weight excluding hydrogens is 853 g/mol. The molecular formula is C63H104O6. The highest BCUT2D eigenvalue weighted by atomic mass is 16.6. The van der Waals surface area contributed by atoms with Gasteiger partial charge in [-0.05, 0) is 103 Å². The zero-order valence-electron chi connectivity index (χ0n) is 44.8. The summed E-state index contributed by atoms with van der Waals surface area (Å²) in [6, 6.07) is 0. The number of rotatable bonds is 50. The van der Waals surface area contributed by atoms with Gasteiger partial charge in [0.2, 0.25) is 0 Å². The Hall–Kier alpha value is -3.93. The summed E-state index contributed by atoms with van der Waals surface area (Å²) in [4.78, 5) is 38.1. The predicted octanol–water partition coefficient (Wildman–Crippen LogP) is 19.1. The maximum atomic E-state index is 12.8. The Bertz CT molecular complexity index is 1420. The van der Waals surface area contributed by atoms with Gasteiger partial charge in [0, 0.05) is 19.3 Å². The van der Waals surface area contributed by atoms with E-state index in [2.05, 4.69) is 130 Å². The zero-order chi connectivity index (χ0) is 50.0. The number of ether oxygens (including phenoxy) is 3. The Morgan fingerprint density at radius 1 is 0.304 bits per heavy atom. The molecule has 0 saturated carbocycles. The molecule has 1 unspecified atom stereocenters. The highest BCUT2D eigenvalue weighted by Gasteiger charge is 2.19. The Morgan fingerprint density at radius 3 is 1.04 bits per heavy atom. The lowest BCUT2D eigenvalue weighted by Gasteiger charge is -2.18. The van der Waals surface area contributed by atoms with Crippen molar-refractivity contribution in [3.63, 3.8) is 0 Å². The monoisotopic (exact) mass is 957 g/mol. The fraction of sp³-hybridized carbons (Fsp3) is 0.667. The fourth-order valence-electron chi connectivity index (χ4n) is 7.52. The number of unbranched alkanes of at least 4 members (excludes halogenated alkanes) is 25. The van der Waals surface area contributed by atoms with Crippen LogP contribution in [0, 0.1) is 0 Å². The van der Waals surface area contributed by atoms with Crippen molar-refractivity contribution in [1.82, 2.24) is 0 Å². The topological polar surface area (TPSA) is 78.9 Å². The van der Waals surface area contributed by atoms with E-state index in [0.29, 0.717) is 19.3 Å². The molecule has 0 aromatic rings. The molecule has 0 aliphatic heterocycles. The first kappa shape index (κ1) is 65.1. The molecule has 0 heterocycles. The minimum atomic E-state index is -0.828. The van der Waals surface area contributed by atoms with Gasteiger partial charge in [0.1, 0.15) is 13.2 Å². The van der Waals surface area contributed by atoms with Crippen LogP contribution in [0.3, 0.4) is 0 Å². The van der Waals surface area contributed by atoms with Crippen molar-refractivity contribution in [3.8, 4) is 0 Å². The van der Waals surface area contributed by atoms with Gasteiger partial charge in [0.25, 0.3) is 0 Å². The van der Waals surface area contributed by atoms with E-state index in [1.165, 1.54) is 109 Å². The average molecular weight is 958 g/mol. The molecule has 0 amide bonds. The second kappa shape index (κ2) is 56.7. The van der Waals surface area contributed by atoms with Crippen molar-refractivity contribution >= 4 is 17.9 Å². The van der Waals surface area contributed by atoms with Crippen molar-refractivity contribution in [2.75, 3.05) is 13.2 Å². The van der Waals surface area contributed by atoms with E-state index in [0.717, 1.165) is 96.3 Å². The maximum Gasteiger partial charge on any atom is 0.306 e. The normalized spacial score (nSPS) is 12.9. The molecule has 0 fully saturated rings. The Balaban J connectivity index is 4.57. The van der Waals surface area contributed by atoms with Crippen LogP contribution in [0.15, 0.2) is 109 Å². The third-order valence-electron chi connectivity index (χ3n) is 11.8. The number of carbonyl (C=O) groups is 3. The van der Waals surface area contributed by atoms with Gasteiger partial charge in [-0.1, -0.05) is 239 Å². The average Bonchev–Trinajstić information content (AvgIpc) is 3.35. The predicted molar refractivity (Wildman–Crippen MR) is 297 cm³/mol. The van der Waals surface area contributed by atoms with Gasteiger partial charge < -0.3 is 14.2 Å². The largest absolute Gasteiger partial charge is 0.462 e. The molecule has 0 spiro atoms. The zero-order valence-corrected chi connectivity index (χ0v) is 44.8. The van der Waals surface area contributed by atoms with Gasteiger partial charge in [-0.3, -0.25) is 14.4 Å². The van der Waals surface area contributed by atoms with Gasteiger partial charge in [0.05, 0.1) is 0 Å². The first-order valence-electron chi connectivity index (χ1n) is 28.5. The first-order valence-corrected chi connectivity index (χ1v) is 28.5. The second-order valence-electron chi connectivity index (χ2n) is 18.6. The molecule has 0 bridgehead atoms. The van der Waals surface area contributed by atoms with E-state index in [-0.39, 0.29) is 37.5 Å². The summed E-state index contributed by atoms with van der Waals surface area (Å²) in [6.45, 7) is 6.50. The number of hydrogen-bond donors (Lipinski definition) is 0. The third-order valence-corrected chi connectivity index (χ3v) is 11.8. The van der Waals surface area contributed by atoms with Crippen molar-refractivity contribution in [3.05, 3.63) is 109 Å². The molecule has 0 rings (SSSR count). The maximum absolute atomic E-state index is 12.8. The number of carbonyl (C=O) groups excluding carboxylic acids is 3. The van der Waals surface area contributed by atoms with Crippen molar-refractivity contribution < 1.29 is 28.6 Å². The van der Waals surface area contributed by atoms with Crippen LogP contribution in [0.5, 0.6) is 0 Å². The van der Waals surface area contributed by atoms with Crippen LogP contribution >= 0.6 is 0 Å². The fourth-order valence-corrected chi connectivity index (χ4v) is 7.52. The molecule has 69 heavy (non-hydrogen) atoms. The Labute approximate surface area is 425 Å². The first-order chi connectivity index (χ1) is 34.0. The van der Waals surface area contributed by atoms with Gasteiger partial charge in [-0.25, -0.2) is 0 Å². The second-order valence-corrected chi connectivity index (χ2v) is 18.6. The minimum Gasteiger partial charge on any atom is -0.462 e. The quantitative estimate of drug-likeness (QED) is 0.0199. The SMILES string of the molecule is CCCCC\C=C/C=C\C=C/C=C\CCCCCCCC(=O)OCC(COC(=O)CCCCC/C=C\C=C/CCCCCCCCC)OC(=O)CCC/C=C\C/C=C\C/C=C\CCCCCCCC. The van der Waals surface area contributed by atoms with Crippen molar-refractivity contribution in [2.24, 2.45) is 0 Å². The van der Waals surface area contributed by atoms with E-state index >= 15 is 0 Å². The minimum absolute atomic E-state index is 0.121. The summed E-state index contributed by atoms with van der Waals surface area (Å²) in [7, 11) is 0. The van der Waals surface area contributed by atoms with Gasteiger partial charge in [-0.15, -0.1) is 0 Å². The summed E-state index contributed by atoms with van der Waals surface area (Å²) in [6.07, 6.45) is 76.5. The number of esters is 3. The highest BCUT2D eigenvalue weighted by molar-refractivity contribution is 5.71. The smallest absolute Gasteiger partial charge is 0.306 e. The molecule has 0 N–H and O–H groups in total. The summed E-state index contributed by atoms with van der Waals surface area (Å²) >= 11 is 0. The van der Waals surface area contributed by atoms with Crippen LogP contribution in [-0.2, 0) is 28.6 Å². The van der Waals surface area contributed by atoms with Gasteiger partial charge in [-0.2, -0.15) is 0 Å². The molecule has 6 heteroatoms. The van der Waals surface area contributed by atoms with Crippen molar-refractivity contribution in [2.45, 2.75) is 258 Å². The van der Waals surface area contributed by atoms with Crippen LogP contribution in [0.2, 0.25) is 0 Å². The molecule has 0 aliphatic rings. The lowest BCUT2D eigenvalue weighted by atomic mass is 10.1. The molecule has 6 nitrogen and oxygen atoms in total. The standard InChI is InChI=1S/C63H104O6/c1-4-7-10-13-16-19-22-25-28-31-33-35-38-41-44-47-50-53-56-62(65)68-59-60(58-67-61(64)55-52-49-46-43-40-37-34-30-27-24-21-18-15-12-9-6-3)69-63(66)57-54-51-48-45-42-39-36-32-29-26-23-20-17-14-11-8-5-2/h16,19,22,25-26,28-31,33-37,39-40,45,48,60H,4-15,17-18,20-21,23-24,27,32,38,41-44,46-47,49-59H2,1-3H3/b19-16-,25-22-,29-26-,31-28-,34-30-,35-33-,39-36-,40-37-,48-45-. The molecule has 0 aromatic carbocycles. The van der Waals surface area contributed by atoms with Crippen LogP contribution in [0.1, 0.15) is 252 Å². The molecule has 0 saturated heterocycles. The third kappa shape index (κ3) is 54.9. The van der Waals surface area contributed by atoms with Crippen LogP contribution in [0.4, 0.5) is 0 Å². The summed E-state index contributed by atoms with van der Waals surface area (Å²) in [5, 5.41) is 0. The van der Waals surface area contributed by atoms with E-state index in [1.807, 2.05) is 0 Å². The van der Waals surface area contributed by atoms with Gasteiger partial charge in [0.15, 0.2) is 6.10 Å². The lowest BCUT2D eigenvalue weighted by molar-refractivity contribution is -0.167. The molecule has 392 valence electrons. The van der Waals surface area contributed by atoms with E-state index in [1.54, 1.807) is 0 Å².